The van der Waals surface area contributed by atoms with Crippen LogP contribution in [0.1, 0.15) is 47.0 Å². The Kier molecular flexibility index (Phi) is 1.79. The highest BCUT2D eigenvalue weighted by Crippen LogP contribution is 2.77. The Hall–Kier alpha value is 0. The molecule has 0 heteroatoms. The van der Waals surface area contributed by atoms with Gasteiger partial charge in [-0.2, -0.15) is 0 Å². The minimum Gasteiger partial charge on any atom is -0.0651 e. The van der Waals surface area contributed by atoms with Crippen molar-refractivity contribution in [2.45, 2.75) is 47.0 Å². The predicted molar refractivity (Wildman–Crippen MR) is 52.9 cm³/mol. The lowest BCUT2D eigenvalue weighted by atomic mass is 9.59. The fourth-order valence-electron chi connectivity index (χ4n) is 4.08. The van der Waals surface area contributed by atoms with Gasteiger partial charge < -0.3 is 0 Å². The summed E-state index contributed by atoms with van der Waals surface area (Å²) in [5, 5.41) is 0. The van der Waals surface area contributed by atoms with Gasteiger partial charge in [0, 0.05) is 0 Å². The van der Waals surface area contributed by atoms with E-state index in [0.717, 1.165) is 29.1 Å². The smallest absolute Gasteiger partial charge is 0.0233 e. The molecular formula is C12H22. The van der Waals surface area contributed by atoms with Crippen LogP contribution >= 0.6 is 0 Å². The molecule has 2 rings (SSSR count). The molecule has 70 valence electrons. The lowest BCUT2D eigenvalue weighted by molar-refractivity contribution is 0.0194. The summed E-state index contributed by atoms with van der Waals surface area (Å²) in [7, 11) is 0. The summed E-state index contributed by atoms with van der Waals surface area (Å²) in [6.07, 6.45) is 4.38. The number of rotatable bonds is 3. The highest BCUT2D eigenvalue weighted by Gasteiger charge is 2.70. The van der Waals surface area contributed by atoms with Gasteiger partial charge in [-0.15, -0.1) is 0 Å². The molecule has 2 aliphatic carbocycles. The van der Waals surface area contributed by atoms with Crippen LogP contribution in [-0.2, 0) is 0 Å². The molecule has 2 saturated carbocycles. The molecule has 0 aliphatic heterocycles. The van der Waals surface area contributed by atoms with E-state index in [0.29, 0.717) is 0 Å². The van der Waals surface area contributed by atoms with Crippen molar-refractivity contribution in [3.05, 3.63) is 0 Å². The Balaban J connectivity index is 2.06. The molecule has 5 atom stereocenters. The standard InChI is InChI=1S/C12H22/c1-5-8(3)11-9(4)10-7-12(10,11)6-2/h8-11H,5-7H2,1-4H3. The van der Waals surface area contributed by atoms with Crippen LogP contribution in [0.15, 0.2) is 0 Å². The van der Waals surface area contributed by atoms with Crippen LogP contribution in [0.5, 0.6) is 0 Å². The first-order valence-corrected chi connectivity index (χ1v) is 5.67. The SMILES string of the molecule is CCC(C)C1C(C)C2CC21CC. The fourth-order valence-corrected chi connectivity index (χ4v) is 4.08. The third-order valence-electron chi connectivity index (χ3n) is 4.96. The zero-order chi connectivity index (χ0) is 8.93. The number of hydrogen-bond acceptors (Lipinski definition) is 0. The Morgan fingerprint density at radius 3 is 2.50 bits per heavy atom. The zero-order valence-electron chi connectivity index (χ0n) is 8.93. The van der Waals surface area contributed by atoms with Crippen LogP contribution in [0, 0.1) is 29.1 Å². The Bertz CT molecular complexity index is 184. The van der Waals surface area contributed by atoms with Crippen molar-refractivity contribution in [3.63, 3.8) is 0 Å². The summed E-state index contributed by atoms with van der Waals surface area (Å²) in [5.74, 6) is 4.21. The van der Waals surface area contributed by atoms with Gasteiger partial charge >= 0.3 is 0 Å². The van der Waals surface area contributed by atoms with Crippen LogP contribution < -0.4 is 0 Å². The predicted octanol–water partition coefficient (Wildman–Crippen LogP) is 3.71. The molecule has 0 bridgehead atoms. The van der Waals surface area contributed by atoms with Crippen LogP contribution in [0.3, 0.4) is 0 Å². The average Bonchev–Trinajstić information content (AvgIpc) is 2.74. The van der Waals surface area contributed by atoms with Crippen LogP contribution in [-0.4, -0.2) is 0 Å². The maximum atomic E-state index is 2.47. The van der Waals surface area contributed by atoms with Gasteiger partial charge in [-0.3, -0.25) is 0 Å². The molecule has 2 aliphatic rings. The minimum atomic E-state index is 0.842. The van der Waals surface area contributed by atoms with Crippen LogP contribution in [0.4, 0.5) is 0 Å². The monoisotopic (exact) mass is 166 g/mol. The summed E-state index contributed by atoms with van der Waals surface area (Å²) >= 11 is 0. The fraction of sp³-hybridized carbons (Fsp3) is 1.00. The van der Waals surface area contributed by atoms with E-state index in [1.165, 1.54) is 12.8 Å². The zero-order valence-corrected chi connectivity index (χ0v) is 8.93. The van der Waals surface area contributed by atoms with Crippen molar-refractivity contribution in [1.82, 2.24) is 0 Å². The van der Waals surface area contributed by atoms with E-state index in [1.807, 2.05) is 0 Å². The summed E-state index contributed by atoms with van der Waals surface area (Å²) in [6, 6.07) is 0. The van der Waals surface area contributed by atoms with Gasteiger partial charge in [0.05, 0.1) is 0 Å². The van der Waals surface area contributed by atoms with Gasteiger partial charge in [-0.25, -0.2) is 0 Å². The molecule has 0 aromatic rings. The quantitative estimate of drug-likeness (QED) is 0.599. The van der Waals surface area contributed by atoms with E-state index in [1.54, 1.807) is 6.42 Å². The van der Waals surface area contributed by atoms with Crippen molar-refractivity contribution in [1.29, 1.82) is 0 Å². The average molecular weight is 166 g/mol. The Labute approximate surface area is 76.7 Å². The van der Waals surface area contributed by atoms with Gasteiger partial charge in [0.15, 0.2) is 0 Å². The molecule has 5 unspecified atom stereocenters. The first-order chi connectivity index (χ1) is 5.67. The molecule has 0 aromatic carbocycles. The van der Waals surface area contributed by atoms with Gasteiger partial charge in [-0.1, -0.05) is 34.1 Å². The van der Waals surface area contributed by atoms with Crippen molar-refractivity contribution in [2.75, 3.05) is 0 Å². The summed E-state index contributed by atoms with van der Waals surface area (Å²) in [4.78, 5) is 0. The molecule has 0 heterocycles. The Morgan fingerprint density at radius 2 is 2.08 bits per heavy atom. The van der Waals surface area contributed by atoms with Crippen molar-refractivity contribution in [3.8, 4) is 0 Å². The normalized spacial score (nSPS) is 52.5. The van der Waals surface area contributed by atoms with Crippen LogP contribution in [0.2, 0.25) is 0 Å². The van der Waals surface area contributed by atoms with E-state index in [2.05, 4.69) is 27.7 Å². The number of fused-ring (bicyclic) bond motifs is 1. The molecule has 2 fully saturated rings. The molecule has 12 heavy (non-hydrogen) atoms. The van der Waals surface area contributed by atoms with Gasteiger partial charge in [0.1, 0.15) is 0 Å². The molecule has 0 aromatic heterocycles. The molecule has 0 nitrogen and oxygen atoms in total. The van der Waals surface area contributed by atoms with Crippen molar-refractivity contribution >= 4 is 0 Å². The lowest BCUT2D eigenvalue weighted by Gasteiger charge is -2.46. The van der Waals surface area contributed by atoms with E-state index < -0.39 is 0 Å². The van der Waals surface area contributed by atoms with E-state index in [-0.39, 0.29) is 0 Å². The third kappa shape index (κ3) is 0.791. The molecule has 0 saturated heterocycles. The van der Waals surface area contributed by atoms with Gasteiger partial charge in [0.2, 0.25) is 0 Å². The highest BCUT2D eigenvalue weighted by molar-refractivity contribution is 5.19. The molecule has 0 amide bonds. The Morgan fingerprint density at radius 1 is 1.42 bits per heavy atom. The van der Waals surface area contributed by atoms with E-state index in [4.69, 9.17) is 0 Å². The second kappa shape index (κ2) is 2.49. The minimum absolute atomic E-state index is 0.842. The first kappa shape index (κ1) is 8.59. The molecule has 0 radical (unpaired) electrons. The van der Waals surface area contributed by atoms with Crippen molar-refractivity contribution in [2.24, 2.45) is 29.1 Å². The molecule has 0 spiro atoms. The van der Waals surface area contributed by atoms with E-state index in [9.17, 15) is 0 Å². The summed E-state index contributed by atoms with van der Waals surface area (Å²) in [5.41, 5.74) is 0.842. The van der Waals surface area contributed by atoms with Gasteiger partial charge in [-0.05, 0) is 41.9 Å². The van der Waals surface area contributed by atoms with Gasteiger partial charge in [0.25, 0.3) is 0 Å². The summed E-state index contributed by atoms with van der Waals surface area (Å²) in [6.45, 7) is 9.66. The summed E-state index contributed by atoms with van der Waals surface area (Å²) < 4.78 is 0. The third-order valence-corrected chi connectivity index (χ3v) is 4.96. The molecular weight excluding hydrogens is 144 g/mol. The lowest BCUT2D eigenvalue weighted by Crippen LogP contribution is -2.40. The number of hydrogen-bond donors (Lipinski definition) is 0. The second-order valence-electron chi connectivity index (χ2n) is 5.17. The van der Waals surface area contributed by atoms with Crippen molar-refractivity contribution < 1.29 is 0 Å². The topological polar surface area (TPSA) is 0 Å². The first-order valence-electron chi connectivity index (χ1n) is 5.67. The maximum Gasteiger partial charge on any atom is -0.0233 e. The molecule has 0 N–H and O–H groups in total. The highest BCUT2D eigenvalue weighted by atomic mass is 14.7. The van der Waals surface area contributed by atoms with E-state index >= 15 is 0 Å². The van der Waals surface area contributed by atoms with Crippen LogP contribution in [0.25, 0.3) is 0 Å². The maximum absolute atomic E-state index is 2.47. The second-order valence-corrected chi connectivity index (χ2v) is 5.17. The largest absolute Gasteiger partial charge is 0.0651 e.